The fraction of sp³-hybridized carbons (Fsp3) is 0.463. The molecule has 4 nitrogen and oxygen atoms in total. The Kier molecular flexibility index (Phi) is 8.06. The fourth-order valence-electron chi connectivity index (χ4n) is 13.3. The molecule has 3 aliphatic heterocycles. The number of benzene rings is 2. The van der Waals surface area contributed by atoms with Gasteiger partial charge in [-0.25, -0.2) is 4.99 Å². The van der Waals surface area contributed by atoms with Crippen LogP contribution in [-0.4, -0.2) is 29.9 Å². The van der Waals surface area contributed by atoms with Gasteiger partial charge in [0, 0.05) is 60.1 Å². The van der Waals surface area contributed by atoms with Crippen LogP contribution in [0.5, 0.6) is 5.75 Å². The number of fused-ring (bicyclic) bond motifs is 6. The third kappa shape index (κ3) is 5.15. The number of aliphatic imine (C=N–C) groups is 1. The lowest BCUT2D eigenvalue weighted by Gasteiger charge is -2.38. The molecule has 12 atom stereocenters. The molecule has 12 rings (SSSR count). The van der Waals surface area contributed by atoms with Gasteiger partial charge < -0.3 is 14.4 Å². The molecule has 2 aromatic rings. The highest BCUT2D eigenvalue weighted by atomic mass is 16.5. The van der Waals surface area contributed by atoms with Crippen LogP contribution >= 0.6 is 0 Å². The van der Waals surface area contributed by atoms with Gasteiger partial charge in [0.25, 0.3) is 0 Å². The van der Waals surface area contributed by atoms with Crippen LogP contribution in [0.1, 0.15) is 119 Å². The molecule has 0 saturated heterocycles. The molecule has 1 saturated carbocycles. The number of amidine groups is 1. The Balaban J connectivity index is 0.876. The summed E-state index contributed by atoms with van der Waals surface area (Å²) in [6.45, 7) is 7.20. The minimum absolute atomic E-state index is 0.179. The first kappa shape index (κ1) is 35.4. The molecule has 7 aliphatic carbocycles. The molecule has 3 heterocycles. The number of hydrogen-bond acceptors (Lipinski definition) is 4. The molecular formula is C54H58N2O2. The van der Waals surface area contributed by atoms with Crippen LogP contribution in [0.3, 0.4) is 0 Å². The number of nitrogens with zero attached hydrogens (tertiary/aromatic N) is 2. The van der Waals surface area contributed by atoms with E-state index >= 15 is 0 Å². The van der Waals surface area contributed by atoms with Crippen LogP contribution in [0.15, 0.2) is 142 Å². The lowest BCUT2D eigenvalue weighted by Crippen LogP contribution is -2.43. The predicted octanol–water partition coefficient (Wildman–Crippen LogP) is 12.3. The number of allylic oxidation sites excluding steroid dienone is 9. The fourth-order valence-corrected chi connectivity index (χ4v) is 13.3. The van der Waals surface area contributed by atoms with Gasteiger partial charge in [-0.3, -0.25) is 0 Å². The first-order chi connectivity index (χ1) is 28.4. The van der Waals surface area contributed by atoms with Gasteiger partial charge in [-0.1, -0.05) is 112 Å². The molecule has 0 bridgehead atoms. The minimum atomic E-state index is -0.284. The number of ether oxygens (including phenoxy) is 2. The van der Waals surface area contributed by atoms with Crippen molar-refractivity contribution >= 4 is 5.84 Å². The summed E-state index contributed by atoms with van der Waals surface area (Å²) in [7, 11) is 2.26. The van der Waals surface area contributed by atoms with Crippen LogP contribution in [0.2, 0.25) is 0 Å². The van der Waals surface area contributed by atoms with Crippen LogP contribution < -0.4 is 4.74 Å². The van der Waals surface area contributed by atoms with Crippen molar-refractivity contribution in [2.24, 2.45) is 40.5 Å². The van der Waals surface area contributed by atoms with Crippen LogP contribution in [-0.2, 0) is 10.3 Å². The molecule has 1 fully saturated rings. The van der Waals surface area contributed by atoms with Crippen molar-refractivity contribution in [1.29, 1.82) is 0 Å². The largest absolute Gasteiger partial charge is 0.490 e. The molecule has 0 amide bonds. The van der Waals surface area contributed by atoms with Crippen molar-refractivity contribution in [1.82, 2.24) is 4.90 Å². The first-order valence-corrected chi connectivity index (χ1v) is 22.8. The SMILES string of the molecule is CC1C=C(C2C=C(C3=CC=CC(c4cccc5c4C4C6C(C7=CCCC8C9=C(CC(C)C(C)C9)OC78)c7ccccc7C46O5)C3)N=C(C3C=CCCC3)N2C)C=CC1. The minimum Gasteiger partial charge on any atom is -0.490 e. The summed E-state index contributed by atoms with van der Waals surface area (Å²) in [5.41, 5.74) is 12.6. The van der Waals surface area contributed by atoms with Crippen LogP contribution in [0.4, 0.5) is 0 Å². The van der Waals surface area contributed by atoms with E-state index in [1.165, 1.54) is 77.1 Å². The van der Waals surface area contributed by atoms with E-state index in [1.54, 1.807) is 11.1 Å². The summed E-state index contributed by atoms with van der Waals surface area (Å²) in [5, 5.41) is 0. The highest BCUT2D eigenvalue weighted by Crippen LogP contribution is 2.81. The zero-order chi connectivity index (χ0) is 38.9. The maximum Gasteiger partial charge on any atom is 0.146 e. The van der Waals surface area contributed by atoms with E-state index in [-0.39, 0.29) is 23.7 Å². The van der Waals surface area contributed by atoms with E-state index in [1.807, 2.05) is 0 Å². The van der Waals surface area contributed by atoms with E-state index in [2.05, 4.69) is 136 Å². The normalized spacial score (nSPS) is 38.8. The van der Waals surface area contributed by atoms with Crippen molar-refractivity contribution in [2.45, 2.75) is 114 Å². The topological polar surface area (TPSA) is 34.1 Å². The molecule has 0 N–H and O–H groups in total. The van der Waals surface area contributed by atoms with Crippen molar-refractivity contribution in [3.63, 3.8) is 0 Å². The number of hydrogen-bond donors (Lipinski definition) is 0. The van der Waals surface area contributed by atoms with Gasteiger partial charge in [-0.2, -0.15) is 0 Å². The number of likely N-dealkylation sites (N-methyl/N-ethyl adjacent to an activating group) is 1. The second-order valence-electron chi connectivity index (χ2n) is 19.7. The molecule has 12 unspecified atom stereocenters. The third-order valence-corrected chi connectivity index (χ3v) is 16.3. The Labute approximate surface area is 345 Å². The summed E-state index contributed by atoms with van der Waals surface area (Å²) >= 11 is 0. The Morgan fingerprint density at radius 2 is 1.74 bits per heavy atom. The highest BCUT2D eigenvalue weighted by Gasteiger charge is 2.80. The highest BCUT2D eigenvalue weighted by molar-refractivity contribution is 5.89. The first-order valence-electron chi connectivity index (χ1n) is 22.8. The van der Waals surface area contributed by atoms with Gasteiger partial charge in [0.05, 0.1) is 17.5 Å². The smallest absolute Gasteiger partial charge is 0.146 e. The van der Waals surface area contributed by atoms with Crippen molar-refractivity contribution < 1.29 is 9.47 Å². The van der Waals surface area contributed by atoms with Gasteiger partial charge in [-0.15, -0.1) is 0 Å². The van der Waals surface area contributed by atoms with Gasteiger partial charge in [0.2, 0.25) is 0 Å². The quantitative estimate of drug-likeness (QED) is 0.284. The maximum atomic E-state index is 7.36. The number of rotatable bonds is 5. The van der Waals surface area contributed by atoms with Gasteiger partial charge in [0.1, 0.15) is 23.3 Å². The molecule has 0 aromatic heterocycles. The summed E-state index contributed by atoms with van der Waals surface area (Å²) in [6, 6.07) is 16.4. The Hall–Kier alpha value is -4.57. The van der Waals surface area contributed by atoms with E-state index in [9.17, 15) is 0 Å². The van der Waals surface area contributed by atoms with Crippen LogP contribution in [0, 0.1) is 35.5 Å². The molecule has 296 valence electrons. The van der Waals surface area contributed by atoms with E-state index < -0.39 is 0 Å². The van der Waals surface area contributed by atoms with Crippen molar-refractivity contribution in [2.75, 3.05) is 7.05 Å². The second kappa shape index (κ2) is 13.2. The van der Waals surface area contributed by atoms with Crippen molar-refractivity contribution in [3.8, 4) is 5.75 Å². The zero-order valence-corrected chi connectivity index (χ0v) is 34.7. The average Bonchev–Trinajstić information content (AvgIpc) is 3.46. The van der Waals surface area contributed by atoms with E-state index in [4.69, 9.17) is 14.5 Å². The lowest BCUT2D eigenvalue weighted by atomic mass is 9.71. The van der Waals surface area contributed by atoms with Crippen LogP contribution in [0.25, 0.3) is 0 Å². The molecule has 2 aromatic carbocycles. The molecule has 1 spiro atoms. The Morgan fingerprint density at radius 1 is 0.862 bits per heavy atom. The summed E-state index contributed by atoms with van der Waals surface area (Å²) in [5.74, 6) is 7.87. The molecule has 0 radical (unpaired) electrons. The molecule has 4 heteroatoms. The zero-order valence-electron chi connectivity index (χ0n) is 34.7. The average molecular weight is 767 g/mol. The summed E-state index contributed by atoms with van der Waals surface area (Å²) < 4.78 is 14.5. The predicted molar refractivity (Wildman–Crippen MR) is 234 cm³/mol. The molecule has 58 heavy (non-hydrogen) atoms. The third-order valence-electron chi connectivity index (χ3n) is 16.3. The van der Waals surface area contributed by atoms with Gasteiger partial charge in [0.15, 0.2) is 0 Å². The Bertz CT molecular complexity index is 2380. The summed E-state index contributed by atoms with van der Waals surface area (Å²) in [4.78, 5) is 8.01. The van der Waals surface area contributed by atoms with Crippen molar-refractivity contribution in [3.05, 3.63) is 159 Å². The standard InChI is InChI=1S/C54H58N2O2/c1-31-14-10-19-37(26-31)45-30-44(55-53(56(45)4)34-15-6-5-7-16-34)36-18-11-17-35(29-36)38-21-13-25-46-49(38)51-50-48(40-20-8-9-24-43(40)54(50,51)58-46)41-23-12-22-39-42-27-32(2)33(3)28-47(42)57-52(39)41/h6,8-11,13,15,17-21,23-26,30-35,39,45,48,50-52H,5,7,12,14,16,22,27-29H2,1-4H3. The summed E-state index contributed by atoms with van der Waals surface area (Å²) in [6.07, 6.45) is 34.6. The van der Waals surface area contributed by atoms with E-state index in [0.29, 0.717) is 41.4 Å². The molecule has 10 aliphatic rings. The van der Waals surface area contributed by atoms with Gasteiger partial charge >= 0.3 is 0 Å². The second-order valence-corrected chi connectivity index (χ2v) is 19.7. The van der Waals surface area contributed by atoms with E-state index in [0.717, 1.165) is 43.0 Å². The maximum absolute atomic E-state index is 7.36. The molecular weight excluding hydrogens is 709 g/mol. The lowest BCUT2D eigenvalue weighted by molar-refractivity contribution is 0.114. The monoisotopic (exact) mass is 766 g/mol. The van der Waals surface area contributed by atoms with Gasteiger partial charge in [-0.05, 0) is 115 Å². The Morgan fingerprint density at radius 3 is 2.62 bits per heavy atom.